The highest BCUT2D eigenvalue weighted by molar-refractivity contribution is 6.30. The molecule has 0 fully saturated rings. The van der Waals surface area contributed by atoms with Crippen LogP contribution >= 0.6 is 11.6 Å². The number of furan rings is 1. The molecule has 0 aliphatic carbocycles. The molecule has 3 aromatic rings. The molecular weight excluding hydrogens is 356 g/mol. The Morgan fingerprint density at radius 1 is 1.12 bits per heavy atom. The van der Waals surface area contributed by atoms with Crippen molar-refractivity contribution in [3.05, 3.63) is 87.6 Å². The third kappa shape index (κ3) is 4.37. The second-order valence-corrected chi connectivity index (χ2v) is 5.78. The van der Waals surface area contributed by atoms with Gasteiger partial charge in [0.25, 0.3) is 5.69 Å². The fourth-order valence-corrected chi connectivity index (χ4v) is 2.47. The van der Waals surface area contributed by atoms with Crippen LogP contribution in [0.15, 0.2) is 71.2 Å². The van der Waals surface area contributed by atoms with E-state index in [1.54, 1.807) is 48.5 Å². The highest BCUT2D eigenvalue weighted by Gasteiger charge is 2.09. The fraction of sp³-hybridized carbons (Fsp3) is 0. The molecule has 2 aromatic carbocycles. The molecule has 26 heavy (non-hydrogen) atoms. The van der Waals surface area contributed by atoms with Crippen LogP contribution < -0.4 is 5.32 Å². The van der Waals surface area contributed by atoms with Gasteiger partial charge >= 0.3 is 0 Å². The van der Waals surface area contributed by atoms with Gasteiger partial charge in [0.2, 0.25) is 5.91 Å². The van der Waals surface area contributed by atoms with Gasteiger partial charge < -0.3 is 9.73 Å². The molecule has 1 amide bonds. The number of halogens is 1. The van der Waals surface area contributed by atoms with Gasteiger partial charge in [-0.1, -0.05) is 29.8 Å². The Morgan fingerprint density at radius 2 is 1.92 bits per heavy atom. The number of nitrogens with one attached hydrogen (secondary N) is 1. The minimum absolute atomic E-state index is 0.0168. The quantitative estimate of drug-likeness (QED) is 0.383. The van der Waals surface area contributed by atoms with Gasteiger partial charge in [-0.15, -0.1) is 0 Å². The Balaban J connectivity index is 1.70. The summed E-state index contributed by atoms with van der Waals surface area (Å²) in [5.74, 6) is 0.594. The molecule has 0 saturated carbocycles. The average Bonchev–Trinajstić information content (AvgIpc) is 3.09. The summed E-state index contributed by atoms with van der Waals surface area (Å²) in [5, 5.41) is 14.1. The van der Waals surface area contributed by atoms with Crippen molar-refractivity contribution in [2.45, 2.75) is 0 Å². The first-order valence-electron chi connectivity index (χ1n) is 7.60. The summed E-state index contributed by atoms with van der Waals surface area (Å²) in [6.07, 6.45) is 2.84. The van der Waals surface area contributed by atoms with Gasteiger partial charge in [0.05, 0.1) is 4.92 Å². The zero-order valence-corrected chi connectivity index (χ0v) is 14.1. The van der Waals surface area contributed by atoms with Crippen LogP contribution in [-0.4, -0.2) is 10.8 Å². The maximum atomic E-state index is 11.9. The molecule has 3 rings (SSSR count). The van der Waals surface area contributed by atoms with Gasteiger partial charge in [-0.3, -0.25) is 14.9 Å². The lowest BCUT2D eigenvalue weighted by Gasteiger charge is -2.01. The molecule has 0 radical (unpaired) electrons. The van der Waals surface area contributed by atoms with Gasteiger partial charge in [-0.05, 0) is 36.4 Å². The third-order valence-corrected chi connectivity index (χ3v) is 3.69. The number of non-ortho nitro benzene ring substituents is 1. The van der Waals surface area contributed by atoms with Gasteiger partial charge in [0, 0.05) is 34.5 Å². The highest BCUT2D eigenvalue weighted by Crippen LogP contribution is 2.26. The number of nitro groups is 1. The van der Waals surface area contributed by atoms with Crippen molar-refractivity contribution in [2.75, 3.05) is 5.32 Å². The minimum atomic E-state index is -0.465. The van der Waals surface area contributed by atoms with E-state index in [9.17, 15) is 14.9 Å². The number of rotatable bonds is 5. The van der Waals surface area contributed by atoms with Crippen molar-refractivity contribution in [3.8, 4) is 11.3 Å². The van der Waals surface area contributed by atoms with Gasteiger partial charge in [-0.25, -0.2) is 0 Å². The highest BCUT2D eigenvalue weighted by atomic mass is 35.5. The van der Waals surface area contributed by atoms with Crippen LogP contribution in [0.3, 0.4) is 0 Å². The Bertz CT molecular complexity index is 994. The number of nitrogens with zero attached hydrogens (tertiary/aromatic N) is 1. The number of amides is 1. The number of hydrogen-bond donors (Lipinski definition) is 1. The number of benzene rings is 2. The largest absolute Gasteiger partial charge is 0.457 e. The standard InChI is InChI=1S/C19H13ClN2O4/c20-14-4-2-5-15(12-14)21-19(23)10-8-17-7-9-18(26-17)13-3-1-6-16(11-13)22(24)25/h1-12H,(H,21,23)/b10-8+. The van der Waals surface area contributed by atoms with Gasteiger partial charge in [-0.2, -0.15) is 0 Å². The van der Waals surface area contributed by atoms with Crippen LogP contribution in [0.25, 0.3) is 17.4 Å². The lowest BCUT2D eigenvalue weighted by Crippen LogP contribution is -2.07. The molecule has 0 aliphatic rings. The van der Waals surface area contributed by atoms with Crippen molar-refractivity contribution in [2.24, 2.45) is 0 Å². The van der Waals surface area contributed by atoms with Crippen LogP contribution in [0.1, 0.15) is 5.76 Å². The summed E-state index contributed by atoms with van der Waals surface area (Å²) in [4.78, 5) is 22.3. The second-order valence-electron chi connectivity index (χ2n) is 5.34. The lowest BCUT2D eigenvalue weighted by atomic mass is 10.1. The van der Waals surface area contributed by atoms with E-state index in [0.29, 0.717) is 27.8 Å². The molecule has 0 saturated heterocycles. The Labute approximate surface area is 153 Å². The van der Waals surface area contributed by atoms with E-state index in [1.807, 2.05) is 0 Å². The van der Waals surface area contributed by atoms with Gasteiger partial charge in [0.1, 0.15) is 11.5 Å². The molecule has 0 bridgehead atoms. The smallest absolute Gasteiger partial charge is 0.270 e. The van der Waals surface area contributed by atoms with E-state index < -0.39 is 4.92 Å². The zero-order chi connectivity index (χ0) is 18.5. The first-order valence-corrected chi connectivity index (χ1v) is 7.98. The minimum Gasteiger partial charge on any atom is -0.457 e. The number of carbonyl (C=O) groups excluding carboxylic acids is 1. The molecule has 0 spiro atoms. The first kappa shape index (κ1) is 17.4. The normalized spacial score (nSPS) is 10.8. The van der Waals surface area contributed by atoms with Crippen molar-refractivity contribution in [3.63, 3.8) is 0 Å². The number of carbonyl (C=O) groups is 1. The van der Waals surface area contributed by atoms with Crippen LogP contribution in [0.2, 0.25) is 5.02 Å². The van der Waals surface area contributed by atoms with Crippen LogP contribution in [-0.2, 0) is 4.79 Å². The summed E-state index contributed by atoms with van der Waals surface area (Å²) in [6.45, 7) is 0. The zero-order valence-electron chi connectivity index (χ0n) is 13.4. The van der Waals surface area contributed by atoms with Crippen molar-refractivity contribution < 1.29 is 14.1 Å². The summed E-state index contributed by atoms with van der Waals surface area (Å²) < 4.78 is 5.61. The molecule has 0 atom stereocenters. The Hall–Kier alpha value is -3.38. The average molecular weight is 369 g/mol. The molecule has 1 aromatic heterocycles. The van der Waals surface area contributed by atoms with E-state index in [-0.39, 0.29) is 11.6 Å². The molecular formula is C19H13ClN2O4. The van der Waals surface area contributed by atoms with Gasteiger partial charge in [0.15, 0.2) is 0 Å². The maximum absolute atomic E-state index is 11.9. The molecule has 0 unspecified atom stereocenters. The third-order valence-electron chi connectivity index (χ3n) is 3.46. The summed E-state index contributed by atoms with van der Waals surface area (Å²) in [6, 6.07) is 16.3. The number of nitro benzene ring substituents is 1. The Morgan fingerprint density at radius 3 is 2.69 bits per heavy atom. The first-order chi connectivity index (χ1) is 12.5. The molecule has 6 nitrogen and oxygen atoms in total. The van der Waals surface area contributed by atoms with Crippen molar-refractivity contribution >= 4 is 35.0 Å². The van der Waals surface area contributed by atoms with E-state index in [1.165, 1.54) is 24.3 Å². The van der Waals surface area contributed by atoms with Crippen LogP contribution in [0.5, 0.6) is 0 Å². The fourth-order valence-electron chi connectivity index (χ4n) is 2.28. The lowest BCUT2D eigenvalue weighted by molar-refractivity contribution is -0.384. The van der Waals surface area contributed by atoms with Crippen molar-refractivity contribution in [1.82, 2.24) is 0 Å². The topological polar surface area (TPSA) is 85.4 Å². The predicted octanol–water partition coefficient (Wildman–Crippen LogP) is 5.16. The van der Waals surface area contributed by atoms with Crippen molar-refractivity contribution in [1.29, 1.82) is 0 Å². The Kier molecular flexibility index (Phi) is 5.15. The second kappa shape index (κ2) is 7.67. The van der Waals surface area contributed by atoms with E-state index >= 15 is 0 Å². The van der Waals surface area contributed by atoms with Crippen LogP contribution in [0, 0.1) is 10.1 Å². The predicted molar refractivity (Wildman–Crippen MR) is 99.9 cm³/mol. The molecule has 7 heteroatoms. The number of hydrogen-bond acceptors (Lipinski definition) is 4. The maximum Gasteiger partial charge on any atom is 0.270 e. The summed E-state index contributed by atoms with van der Waals surface area (Å²) >= 11 is 5.87. The summed E-state index contributed by atoms with van der Waals surface area (Å²) in [7, 11) is 0. The molecule has 1 heterocycles. The monoisotopic (exact) mass is 368 g/mol. The molecule has 130 valence electrons. The van der Waals surface area contributed by atoms with E-state index in [0.717, 1.165) is 0 Å². The SMILES string of the molecule is O=C(/C=C/c1ccc(-c2cccc([N+](=O)[O-])c2)o1)Nc1cccc(Cl)c1. The van der Waals surface area contributed by atoms with E-state index in [4.69, 9.17) is 16.0 Å². The van der Waals surface area contributed by atoms with Crippen LogP contribution in [0.4, 0.5) is 11.4 Å². The molecule has 0 aliphatic heterocycles. The van der Waals surface area contributed by atoms with E-state index in [2.05, 4.69) is 5.32 Å². The summed E-state index contributed by atoms with van der Waals surface area (Å²) in [5.41, 5.74) is 1.16. The molecule has 1 N–H and O–H groups in total. The number of anilines is 1.